The Morgan fingerprint density at radius 3 is 2.32 bits per heavy atom. The summed E-state index contributed by atoms with van der Waals surface area (Å²) in [5, 5.41) is 3.44. The first-order chi connectivity index (χ1) is 9.25. The number of hydrogen-bond donors (Lipinski definition) is 2. The minimum absolute atomic E-state index is 0.0664. The fourth-order valence-electron chi connectivity index (χ4n) is 3.26. The van der Waals surface area contributed by atoms with Crippen LogP contribution < -0.4 is 11.1 Å². The standard InChI is InChI=1S/C16H22N2O/c17-16(19)14-5-2-10-18-15(14)13-8-6-12(7-9-13)11-3-1-4-11/h6-9,11,14-15,18H,1-5,10H2,(H2,17,19). The molecular weight excluding hydrogens is 236 g/mol. The number of hydrogen-bond acceptors (Lipinski definition) is 2. The topological polar surface area (TPSA) is 55.1 Å². The molecule has 102 valence electrons. The average Bonchev–Trinajstić information content (AvgIpc) is 2.37. The molecule has 0 radical (unpaired) electrons. The molecule has 2 unspecified atom stereocenters. The highest BCUT2D eigenvalue weighted by atomic mass is 16.1. The van der Waals surface area contributed by atoms with Gasteiger partial charge in [0.2, 0.25) is 5.91 Å². The molecule has 1 aromatic rings. The number of amides is 1. The molecule has 3 N–H and O–H groups in total. The second kappa shape index (κ2) is 5.33. The van der Waals surface area contributed by atoms with Crippen LogP contribution in [0.1, 0.15) is 55.2 Å². The molecule has 1 amide bonds. The highest BCUT2D eigenvalue weighted by Crippen LogP contribution is 2.37. The zero-order valence-electron chi connectivity index (χ0n) is 11.3. The van der Waals surface area contributed by atoms with Gasteiger partial charge in [-0.05, 0) is 49.3 Å². The monoisotopic (exact) mass is 258 g/mol. The molecule has 1 saturated heterocycles. The van der Waals surface area contributed by atoms with Crippen LogP contribution in [0.25, 0.3) is 0 Å². The number of rotatable bonds is 3. The number of carbonyl (C=O) groups is 1. The summed E-state index contributed by atoms with van der Waals surface area (Å²) in [7, 11) is 0. The zero-order chi connectivity index (χ0) is 13.2. The lowest BCUT2D eigenvalue weighted by atomic mass is 9.79. The molecule has 2 aliphatic rings. The molecule has 1 heterocycles. The average molecular weight is 258 g/mol. The zero-order valence-corrected chi connectivity index (χ0v) is 11.3. The fourth-order valence-corrected chi connectivity index (χ4v) is 3.26. The molecule has 2 fully saturated rings. The van der Waals surface area contributed by atoms with E-state index < -0.39 is 0 Å². The molecule has 2 atom stereocenters. The van der Waals surface area contributed by atoms with Crippen molar-refractivity contribution < 1.29 is 4.79 Å². The largest absolute Gasteiger partial charge is 0.369 e. The third-order valence-electron chi connectivity index (χ3n) is 4.70. The lowest BCUT2D eigenvalue weighted by Gasteiger charge is -2.31. The van der Waals surface area contributed by atoms with Gasteiger partial charge in [-0.25, -0.2) is 0 Å². The van der Waals surface area contributed by atoms with Gasteiger partial charge >= 0.3 is 0 Å². The van der Waals surface area contributed by atoms with Crippen LogP contribution in [0.15, 0.2) is 24.3 Å². The lowest BCUT2D eigenvalue weighted by Crippen LogP contribution is -2.40. The summed E-state index contributed by atoms with van der Waals surface area (Å²) in [6, 6.07) is 8.90. The number of nitrogens with one attached hydrogen (secondary N) is 1. The highest BCUT2D eigenvalue weighted by molar-refractivity contribution is 5.77. The van der Waals surface area contributed by atoms with Gasteiger partial charge in [0.1, 0.15) is 0 Å². The van der Waals surface area contributed by atoms with E-state index >= 15 is 0 Å². The predicted molar refractivity (Wildman–Crippen MR) is 75.7 cm³/mol. The van der Waals surface area contributed by atoms with Gasteiger partial charge in [-0.3, -0.25) is 4.79 Å². The quantitative estimate of drug-likeness (QED) is 0.875. The maximum absolute atomic E-state index is 11.6. The van der Waals surface area contributed by atoms with Gasteiger partial charge in [-0.1, -0.05) is 30.7 Å². The number of benzene rings is 1. The van der Waals surface area contributed by atoms with E-state index in [2.05, 4.69) is 29.6 Å². The number of nitrogens with two attached hydrogens (primary N) is 1. The van der Waals surface area contributed by atoms with E-state index in [9.17, 15) is 4.79 Å². The van der Waals surface area contributed by atoms with E-state index in [1.165, 1.54) is 30.4 Å². The Balaban J connectivity index is 1.77. The van der Waals surface area contributed by atoms with Crippen molar-refractivity contribution in [2.75, 3.05) is 6.54 Å². The first kappa shape index (κ1) is 12.7. The van der Waals surface area contributed by atoms with Gasteiger partial charge in [0.15, 0.2) is 0 Å². The molecule has 1 aliphatic carbocycles. The van der Waals surface area contributed by atoms with Crippen molar-refractivity contribution in [3.63, 3.8) is 0 Å². The molecule has 1 aromatic carbocycles. The normalized spacial score (nSPS) is 27.8. The van der Waals surface area contributed by atoms with E-state index in [0.717, 1.165) is 25.3 Å². The number of piperidine rings is 1. The highest BCUT2D eigenvalue weighted by Gasteiger charge is 2.30. The summed E-state index contributed by atoms with van der Waals surface area (Å²) in [4.78, 5) is 11.6. The molecule has 0 spiro atoms. The van der Waals surface area contributed by atoms with Crippen LogP contribution in [0.3, 0.4) is 0 Å². The number of primary amides is 1. The number of carbonyl (C=O) groups excluding carboxylic acids is 1. The minimum atomic E-state index is -0.180. The predicted octanol–water partition coefficient (Wildman–Crippen LogP) is 2.48. The maximum Gasteiger partial charge on any atom is 0.222 e. The van der Waals surface area contributed by atoms with Gasteiger partial charge in [0, 0.05) is 6.04 Å². The Bertz CT molecular complexity index is 450. The van der Waals surface area contributed by atoms with Crippen LogP contribution in [0.5, 0.6) is 0 Å². The second-order valence-corrected chi connectivity index (χ2v) is 5.88. The third kappa shape index (κ3) is 2.52. The van der Waals surface area contributed by atoms with Crippen LogP contribution in [-0.4, -0.2) is 12.5 Å². The van der Waals surface area contributed by atoms with Crippen LogP contribution in [0, 0.1) is 5.92 Å². The Labute approximate surface area is 114 Å². The molecule has 19 heavy (non-hydrogen) atoms. The van der Waals surface area contributed by atoms with Crippen molar-refractivity contribution in [1.29, 1.82) is 0 Å². The van der Waals surface area contributed by atoms with E-state index in [1.54, 1.807) is 0 Å². The van der Waals surface area contributed by atoms with Crippen LogP contribution in [-0.2, 0) is 4.79 Å². The van der Waals surface area contributed by atoms with Crippen LogP contribution in [0.2, 0.25) is 0 Å². The molecule has 3 nitrogen and oxygen atoms in total. The molecule has 1 saturated carbocycles. The summed E-state index contributed by atoms with van der Waals surface area (Å²) in [6.07, 6.45) is 5.94. The van der Waals surface area contributed by atoms with E-state index in [-0.39, 0.29) is 17.9 Å². The molecule has 1 aliphatic heterocycles. The van der Waals surface area contributed by atoms with Gasteiger partial charge in [0.05, 0.1) is 5.92 Å². The Hall–Kier alpha value is -1.35. The summed E-state index contributed by atoms with van der Waals surface area (Å²) in [5.41, 5.74) is 8.17. The fraction of sp³-hybridized carbons (Fsp3) is 0.562. The Morgan fingerprint density at radius 1 is 1.05 bits per heavy atom. The van der Waals surface area contributed by atoms with E-state index in [1.807, 2.05) is 0 Å². The van der Waals surface area contributed by atoms with E-state index in [4.69, 9.17) is 5.73 Å². The second-order valence-electron chi connectivity index (χ2n) is 5.88. The molecule has 0 bridgehead atoms. The Morgan fingerprint density at radius 2 is 1.74 bits per heavy atom. The maximum atomic E-state index is 11.6. The Kier molecular flexibility index (Phi) is 3.56. The van der Waals surface area contributed by atoms with Gasteiger partial charge in [-0.15, -0.1) is 0 Å². The lowest BCUT2D eigenvalue weighted by molar-refractivity contribution is -0.123. The molecule has 0 aromatic heterocycles. The van der Waals surface area contributed by atoms with Crippen molar-refractivity contribution in [3.8, 4) is 0 Å². The van der Waals surface area contributed by atoms with Crippen molar-refractivity contribution in [2.24, 2.45) is 11.7 Å². The first-order valence-corrected chi connectivity index (χ1v) is 7.38. The van der Waals surface area contributed by atoms with Crippen molar-refractivity contribution in [1.82, 2.24) is 5.32 Å². The van der Waals surface area contributed by atoms with Crippen molar-refractivity contribution >= 4 is 5.91 Å². The first-order valence-electron chi connectivity index (χ1n) is 7.38. The molecular formula is C16H22N2O. The van der Waals surface area contributed by atoms with Crippen LogP contribution >= 0.6 is 0 Å². The van der Waals surface area contributed by atoms with Gasteiger partial charge < -0.3 is 11.1 Å². The van der Waals surface area contributed by atoms with Gasteiger partial charge in [-0.2, -0.15) is 0 Å². The van der Waals surface area contributed by atoms with Gasteiger partial charge in [0.25, 0.3) is 0 Å². The summed E-state index contributed by atoms with van der Waals surface area (Å²) in [6.45, 7) is 0.971. The molecule has 3 heteroatoms. The molecule has 3 rings (SSSR count). The summed E-state index contributed by atoms with van der Waals surface area (Å²) < 4.78 is 0. The minimum Gasteiger partial charge on any atom is -0.369 e. The third-order valence-corrected chi connectivity index (χ3v) is 4.70. The summed E-state index contributed by atoms with van der Waals surface area (Å²) >= 11 is 0. The smallest absolute Gasteiger partial charge is 0.222 e. The van der Waals surface area contributed by atoms with Crippen molar-refractivity contribution in [2.45, 2.75) is 44.1 Å². The summed E-state index contributed by atoms with van der Waals surface area (Å²) in [5.74, 6) is 0.517. The van der Waals surface area contributed by atoms with E-state index in [0.29, 0.717) is 0 Å². The SMILES string of the molecule is NC(=O)C1CCCNC1c1ccc(C2CCC2)cc1. The van der Waals surface area contributed by atoms with Crippen molar-refractivity contribution in [3.05, 3.63) is 35.4 Å². The van der Waals surface area contributed by atoms with Crippen LogP contribution in [0.4, 0.5) is 0 Å².